The molecule has 2 atom stereocenters. The Bertz CT molecular complexity index is 350. The number of nitrogens with one attached hydrogen (secondary N) is 2. The summed E-state index contributed by atoms with van der Waals surface area (Å²) in [5.41, 5.74) is 0. The number of rotatable bonds is 3. The number of hydrogen-bond acceptors (Lipinski definition) is 4. The van der Waals surface area contributed by atoms with Crippen molar-refractivity contribution in [3.05, 3.63) is 12.2 Å². The summed E-state index contributed by atoms with van der Waals surface area (Å²) in [5.74, 6) is 1.39. The van der Waals surface area contributed by atoms with Crippen LogP contribution in [0.4, 0.5) is 0 Å². The maximum absolute atomic E-state index is 12.1. The van der Waals surface area contributed by atoms with Crippen molar-refractivity contribution in [2.24, 2.45) is 11.8 Å². The molecule has 1 aliphatic heterocycles. The second-order valence-electron chi connectivity index (χ2n) is 4.37. The van der Waals surface area contributed by atoms with Gasteiger partial charge in [-0.05, 0) is 12.5 Å². The van der Waals surface area contributed by atoms with Crippen molar-refractivity contribution in [2.75, 3.05) is 20.1 Å². The second-order valence-corrected chi connectivity index (χ2v) is 4.37. The molecule has 88 valence electrons. The van der Waals surface area contributed by atoms with Crippen molar-refractivity contribution in [1.82, 2.24) is 25.4 Å². The van der Waals surface area contributed by atoms with Crippen LogP contribution in [0.5, 0.6) is 0 Å². The first-order valence-corrected chi connectivity index (χ1v) is 5.48. The minimum atomic E-state index is 0.0907. The molecular formula is C10H17N5O. The predicted molar refractivity (Wildman–Crippen MR) is 58.4 cm³/mol. The first-order chi connectivity index (χ1) is 7.68. The zero-order valence-corrected chi connectivity index (χ0v) is 9.60. The fourth-order valence-electron chi connectivity index (χ4n) is 2.03. The van der Waals surface area contributed by atoms with Gasteiger partial charge in [0.15, 0.2) is 0 Å². The molecule has 1 fully saturated rings. The Kier molecular flexibility index (Phi) is 3.19. The van der Waals surface area contributed by atoms with E-state index < -0.39 is 0 Å². The van der Waals surface area contributed by atoms with Gasteiger partial charge in [-0.1, -0.05) is 6.92 Å². The molecule has 1 aromatic rings. The number of nitrogens with zero attached hydrogens (tertiary/aromatic N) is 3. The maximum Gasteiger partial charge on any atom is 0.227 e. The lowest BCUT2D eigenvalue weighted by atomic mass is 9.97. The van der Waals surface area contributed by atoms with Crippen molar-refractivity contribution in [3.63, 3.8) is 0 Å². The third-order valence-electron chi connectivity index (χ3n) is 3.06. The van der Waals surface area contributed by atoms with Gasteiger partial charge in [0.1, 0.15) is 12.2 Å². The van der Waals surface area contributed by atoms with E-state index >= 15 is 0 Å². The van der Waals surface area contributed by atoms with E-state index in [1.54, 1.807) is 11.9 Å². The van der Waals surface area contributed by atoms with Crippen LogP contribution >= 0.6 is 0 Å². The summed E-state index contributed by atoms with van der Waals surface area (Å²) in [6.45, 7) is 4.29. The molecule has 0 aromatic carbocycles. The number of H-pyrrole nitrogens is 1. The van der Waals surface area contributed by atoms with Crippen LogP contribution in [0.1, 0.15) is 12.7 Å². The predicted octanol–water partition coefficient (Wildman–Crippen LogP) is -0.381. The van der Waals surface area contributed by atoms with E-state index in [9.17, 15) is 4.79 Å². The van der Waals surface area contributed by atoms with E-state index in [1.165, 1.54) is 6.33 Å². The van der Waals surface area contributed by atoms with Crippen LogP contribution in [0.3, 0.4) is 0 Å². The Morgan fingerprint density at radius 2 is 2.44 bits per heavy atom. The van der Waals surface area contributed by atoms with Gasteiger partial charge in [-0.3, -0.25) is 9.89 Å². The smallest absolute Gasteiger partial charge is 0.227 e. The number of aromatic nitrogens is 3. The van der Waals surface area contributed by atoms with Crippen LogP contribution in [0.2, 0.25) is 0 Å². The minimum Gasteiger partial charge on any atom is -0.338 e. The lowest BCUT2D eigenvalue weighted by Gasteiger charge is -2.21. The van der Waals surface area contributed by atoms with Crippen LogP contribution in [-0.2, 0) is 11.3 Å². The van der Waals surface area contributed by atoms with Gasteiger partial charge >= 0.3 is 0 Å². The number of amides is 1. The highest BCUT2D eigenvalue weighted by molar-refractivity contribution is 5.79. The molecule has 0 bridgehead atoms. The number of hydrogen-bond donors (Lipinski definition) is 2. The van der Waals surface area contributed by atoms with Gasteiger partial charge in [0.05, 0.1) is 12.5 Å². The fraction of sp³-hybridized carbons (Fsp3) is 0.700. The molecule has 2 unspecified atom stereocenters. The standard InChI is InChI=1S/C10H17N5O/c1-7-3-11-4-8(7)10(16)15(2)5-9-12-6-13-14-9/h6-8,11H,3-5H2,1-2H3,(H,12,13,14). The summed E-state index contributed by atoms with van der Waals surface area (Å²) < 4.78 is 0. The molecule has 1 aliphatic rings. The summed E-state index contributed by atoms with van der Waals surface area (Å²) in [6, 6.07) is 0. The molecule has 2 N–H and O–H groups in total. The first-order valence-electron chi connectivity index (χ1n) is 5.48. The highest BCUT2D eigenvalue weighted by Gasteiger charge is 2.31. The Morgan fingerprint density at radius 3 is 3.00 bits per heavy atom. The highest BCUT2D eigenvalue weighted by atomic mass is 16.2. The SMILES string of the molecule is CC1CNCC1C(=O)N(C)Cc1ncn[nH]1. The lowest BCUT2D eigenvalue weighted by molar-refractivity contribution is -0.135. The van der Waals surface area contributed by atoms with E-state index in [2.05, 4.69) is 27.4 Å². The van der Waals surface area contributed by atoms with Crippen molar-refractivity contribution >= 4 is 5.91 Å². The monoisotopic (exact) mass is 223 g/mol. The van der Waals surface area contributed by atoms with Gasteiger partial charge in [0, 0.05) is 13.6 Å². The summed E-state index contributed by atoms with van der Waals surface area (Å²) in [7, 11) is 1.80. The van der Waals surface area contributed by atoms with Gasteiger partial charge in [-0.15, -0.1) is 0 Å². The van der Waals surface area contributed by atoms with E-state index in [-0.39, 0.29) is 11.8 Å². The lowest BCUT2D eigenvalue weighted by Crippen LogP contribution is -2.35. The normalized spacial score (nSPS) is 24.6. The quantitative estimate of drug-likeness (QED) is 0.732. The molecule has 1 amide bonds. The molecule has 2 rings (SSSR count). The number of carbonyl (C=O) groups excluding carboxylic acids is 1. The summed E-state index contributed by atoms with van der Waals surface area (Å²) in [6.07, 6.45) is 1.45. The van der Waals surface area contributed by atoms with E-state index in [4.69, 9.17) is 0 Å². The number of carbonyl (C=O) groups is 1. The van der Waals surface area contributed by atoms with Crippen molar-refractivity contribution in [1.29, 1.82) is 0 Å². The summed E-state index contributed by atoms with van der Waals surface area (Å²) in [5, 5.41) is 9.75. The Balaban J connectivity index is 1.94. The Morgan fingerprint density at radius 1 is 1.62 bits per heavy atom. The van der Waals surface area contributed by atoms with Gasteiger partial charge in [0.25, 0.3) is 0 Å². The highest BCUT2D eigenvalue weighted by Crippen LogP contribution is 2.18. The molecule has 0 aliphatic carbocycles. The first kappa shape index (κ1) is 11.1. The zero-order chi connectivity index (χ0) is 11.5. The van der Waals surface area contributed by atoms with Crippen molar-refractivity contribution in [3.8, 4) is 0 Å². The van der Waals surface area contributed by atoms with Gasteiger partial charge in [-0.2, -0.15) is 5.10 Å². The summed E-state index contributed by atoms with van der Waals surface area (Å²) in [4.78, 5) is 17.8. The van der Waals surface area contributed by atoms with E-state index in [1.807, 2.05) is 0 Å². The zero-order valence-electron chi connectivity index (χ0n) is 9.60. The van der Waals surface area contributed by atoms with Crippen LogP contribution in [0.25, 0.3) is 0 Å². The average molecular weight is 223 g/mol. The second kappa shape index (κ2) is 4.61. The molecule has 16 heavy (non-hydrogen) atoms. The summed E-state index contributed by atoms with van der Waals surface area (Å²) >= 11 is 0. The minimum absolute atomic E-state index is 0.0907. The largest absolute Gasteiger partial charge is 0.338 e. The Labute approximate surface area is 94.4 Å². The molecule has 0 radical (unpaired) electrons. The van der Waals surface area contributed by atoms with Gasteiger partial charge in [-0.25, -0.2) is 4.98 Å². The molecule has 1 aromatic heterocycles. The van der Waals surface area contributed by atoms with Crippen LogP contribution < -0.4 is 5.32 Å². The van der Waals surface area contributed by atoms with Crippen LogP contribution in [-0.4, -0.2) is 46.1 Å². The van der Waals surface area contributed by atoms with Crippen LogP contribution in [0.15, 0.2) is 6.33 Å². The molecule has 1 saturated heterocycles. The Hall–Kier alpha value is -1.43. The third-order valence-corrected chi connectivity index (χ3v) is 3.06. The van der Waals surface area contributed by atoms with Gasteiger partial charge in [0.2, 0.25) is 5.91 Å². The molecule has 2 heterocycles. The molecule has 0 saturated carbocycles. The van der Waals surface area contributed by atoms with E-state index in [0.717, 1.165) is 18.9 Å². The van der Waals surface area contributed by atoms with Gasteiger partial charge < -0.3 is 10.2 Å². The molecular weight excluding hydrogens is 206 g/mol. The molecule has 6 heteroatoms. The topological polar surface area (TPSA) is 73.9 Å². The maximum atomic E-state index is 12.1. The number of aromatic amines is 1. The molecule has 0 spiro atoms. The molecule has 6 nitrogen and oxygen atoms in total. The van der Waals surface area contributed by atoms with Crippen molar-refractivity contribution < 1.29 is 4.79 Å². The fourth-order valence-corrected chi connectivity index (χ4v) is 2.03. The third kappa shape index (κ3) is 2.21. The van der Waals surface area contributed by atoms with Crippen LogP contribution in [0, 0.1) is 11.8 Å². The van der Waals surface area contributed by atoms with E-state index in [0.29, 0.717) is 12.5 Å². The van der Waals surface area contributed by atoms with Crippen molar-refractivity contribution in [2.45, 2.75) is 13.5 Å². The average Bonchev–Trinajstić information content (AvgIpc) is 2.88.